The van der Waals surface area contributed by atoms with E-state index in [0.29, 0.717) is 12.8 Å². The zero-order valence-corrected chi connectivity index (χ0v) is 8.57. The number of aliphatic hydroxyl groups is 1. The fraction of sp³-hybridized carbons (Fsp3) is 0.500. The Labute approximate surface area is 91.3 Å². The van der Waals surface area contributed by atoms with Gasteiger partial charge in [0.2, 0.25) is 0 Å². The van der Waals surface area contributed by atoms with Crippen LogP contribution in [0.15, 0.2) is 23.1 Å². The molecule has 0 unspecified atom stereocenters. The Morgan fingerprint density at radius 2 is 2.25 bits per heavy atom. The highest BCUT2D eigenvalue weighted by molar-refractivity contribution is 5.25. The van der Waals surface area contributed by atoms with Gasteiger partial charge in [-0.3, -0.25) is 14.9 Å². The maximum Gasteiger partial charge on any atom is 0.334 e. The third kappa shape index (κ3) is 1.71. The Hall–Kier alpha value is -1.69. The summed E-state index contributed by atoms with van der Waals surface area (Å²) in [5.74, 6) is 0. The maximum absolute atomic E-state index is 11.8. The predicted octanol–water partition coefficient (Wildman–Crippen LogP) is 0.842. The van der Waals surface area contributed by atoms with Crippen LogP contribution >= 0.6 is 0 Å². The Morgan fingerprint density at radius 3 is 2.81 bits per heavy atom. The van der Waals surface area contributed by atoms with E-state index in [2.05, 4.69) is 0 Å². The van der Waals surface area contributed by atoms with Gasteiger partial charge >= 0.3 is 11.2 Å². The van der Waals surface area contributed by atoms with Gasteiger partial charge < -0.3 is 9.67 Å². The molecule has 0 aliphatic heterocycles. The van der Waals surface area contributed by atoms with Gasteiger partial charge in [-0.1, -0.05) is 0 Å². The second-order valence-corrected chi connectivity index (χ2v) is 3.93. The van der Waals surface area contributed by atoms with Gasteiger partial charge in [0.05, 0.1) is 17.1 Å². The molecule has 0 spiro atoms. The highest BCUT2D eigenvalue weighted by atomic mass is 16.6. The standard InChI is InChI=1S/C10H12N2O4/c13-9-5-1-3-7(9)11-6-2-4-8(10(11)14)12(15)16/h2,4,6-7,9,13H,1,3,5H2/t7-,9-/m0/s1. The molecule has 2 atom stereocenters. The first-order valence-electron chi connectivity index (χ1n) is 5.15. The van der Waals surface area contributed by atoms with E-state index in [9.17, 15) is 20.0 Å². The molecular formula is C10H12N2O4. The normalized spacial score (nSPS) is 24.6. The highest BCUT2D eigenvalue weighted by Crippen LogP contribution is 2.29. The Bertz CT molecular complexity index is 468. The second-order valence-electron chi connectivity index (χ2n) is 3.93. The number of nitrogens with zero attached hydrogens (tertiary/aromatic N) is 2. The van der Waals surface area contributed by atoms with Crippen LogP contribution in [0, 0.1) is 10.1 Å². The minimum absolute atomic E-state index is 0.326. The molecule has 1 aliphatic rings. The summed E-state index contributed by atoms with van der Waals surface area (Å²) in [6, 6.07) is 2.32. The molecule has 0 aromatic carbocycles. The molecule has 1 saturated carbocycles. The van der Waals surface area contributed by atoms with Crippen molar-refractivity contribution < 1.29 is 10.0 Å². The second kappa shape index (κ2) is 4.05. The molecule has 16 heavy (non-hydrogen) atoms. The summed E-state index contributed by atoms with van der Waals surface area (Å²) >= 11 is 0. The third-order valence-corrected chi connectivity index (χ3v) is 2.95. The number of hydrogen-bond donors (Lipinski definition) is 1. The van der Waals surface area contributed by atoms with Crippen molar-refractivity contribution in [3.8, 4) is 0 Å². The van der Waals surface area contributed by atoms with E-state index in [1.165, 1.54) is 22.9 Å². The van der Waals surface area contributed by atoms with Crippen molar-refractivity contribution >= 4 is 5.69 Å². The number of hydrogen-bond acceptors (Lipinski definition) is 4. The quantitative estimate of drug-likeness (QED) is 0.595. The lowest BCUT2D eigenvalue weighted by Gasteiger charge is -2.16. The lowest BCUT2D eigenvalue weighted by atomic mass is 10.2. The molecule has 2 rings (SSSR count). The van der Waals surface area contributed by atoms with Crippen molar-refractivity contribution in [2.24, 2.45) is 0 Å². The lowest BCUT2D eigenvalue weighted by molar-refractivity contribution is -0.386. The molecule has 1 aromatic rings. The molecule has 0 amide bonds. The Morgan fingerprint density at radius 1 is 1.50 bits per heavy atom. The number of pyridine rings is 1. The molecule has 6 heteroatoms. The molecule has 1 aliphatic carbocycles. The van der Waals surface area contributed by atoms with Gasteiger partial charge in [-0.2, -0.15) is 0 Å². The van der Waals surface area contributed by atoms with Crippen molar-refractivity contribution in [3.63, 3.8) is 0 Å². The number of aromatic nitrogens is 1. The summed E-state index contributed by atoms with van der Waals surface area (Å²) < 4.78 is 1.27. The molecule has 1 N–H and O–H groups in total. The largest absolute Gasteiger partial charge is 0.391 e. The van der Waals surface area contributed by atoms with Crippen molar-refractivity contribution in [3.05, 3.63) is 38.8 Å². The fourth-order valence-corrected chi connectivity index (χ4v) is 2.14. The first-order chi connectivity index (χ1) is 7.61. The smallest absolute Gasteiger partial charge is 0.334 e. The van der Waals surface area contributed by atoms with Crippen LogP contribution in [0.1, 0.15) is 25.3 Å². The minimum atomic E-state index is -0.694. The zero-order chi connectivity index (χ0) is 11.7. The molecule has 6 nitrogen and oxygen atoms in total. The molecule has 0 saturated heterocycles. The summed E-state index contributed by atoms with van der Waals surface area (Å²) in [5, 5.41) is 20.3. The SMILES string of the molecule is O=c1c([N+](=O)[O-])cccn1[C@H]1CCC[C@@H]1O. The summed E-state index contributed by atoms with van der Waals surface area (Å²) in [4.78, 5) is 21.7. The van der Waals surface area contributed by atoms with Gasteiger partial charge in [0.15, 0.2) is 0 Å². The molecule has 1 fully saturated rings. The van der Waals surface area contributed by atoms with E-state index in [0.717, 1.165) is 6.42 Å². The van der Waals surface area contributed by atoms with E-state index < -0.39 is 22.3 Å². The predicted molar refractivity (Wildman–Crippen MR) is 56.3 cm³/mol. The average Bonchev–Trinajstić information content (AvgIpc) is 2.64. The van der Waals surface area contributed by atoms with E-state index in [1.54, 1.807) is 0 Å². The van der Waals surface area contributed by atoms with Crippen molar-refractivity contribution in [2.45, 2.75) is 31.4 Å². The highest BCUT2D eigenvalue weighted by Gasteiger charge is 2.29. The fourth-order valence-electron chi connectivity index (χ4n) is 2.14. The topological polar surface area (TPSA) is 85.4 Å². The average molecular weight is 224 g/mol. The molecule has 1 aromatic heterocycles. The van der Waals surface area contributed by atoms with Gasteiger partial charge in [0.1, 0.15) is 0 Å². The van der Waals surface area contributed by atoms with Crippen molar-refractivity contribution in [2.75, 3.05) is 0 Å². The van der Waals surface area contributed by atoms with Crippen LogP contribution < -0.4 is 5.56 Å². The number of rotatable bonds is 2. The van der Waals surface area contributed by atoms with Gasteiger partial charge in [0, 0.05) is 12.3 Å². The van der Waals surface area contributed by atoms with E-state index >= 15 is 0 Å². The maximum atomic E-state index is 11.8. The van der Waals surface area contributed by atoms with Crippen LogP contribution in [0.3, 0.4) is 0 Å². The van der Waals surface area contributed by atoms with Gasteiger partial charge in [-0.25, -0.2) is 0 Å². The first-order valence-corrected chi connectivity index (χ1v) is 5.15. The summed E-state index contributed by atoms with van der Waals surface area (Å²) in [6.45, 7) is 0. The summed E-state index contributed by atoms with van der Waals surface area (Å²) in [5.41, 5.74) is -1.08. The number of aliphatic hydroxyl groups excluding tert-OH is 1. The van der Waals surface area contributed by atoms with Crippen molar-refractivity contribution in [1.29, 1.82) is 0 Å². The first kappa shape index (κ1) is 10.8. The summed E-state index contributed by atoms with van der Waals surface area (Å²) in [6.07, 6.45) is 3.07. The van der Waals surface area contributed by atoms with Gasteiger partial charge in [-0.05, 0) is 25.3 Å². The van der Waals surface area contributed by atoms with Gasteiger partial charge in [-0.15, -0.1) is 0 Å². The van der Waals surface area contributed by atoms with Crippen LogP contribution in [0.4, 0.5) is 5.69 Å². The molecule has 0 radical (unpaired) electrons. The van der Waals surface area contributed by atoms with E-state index in [-0.39, 0.29) is 6.04 Å². The Kier molecular flexibility index (Phi) is 2.74. The number of nitro groups is 1. The van der Waals surface area contributed by atoms with E-state index in [4.69, 9.17) is 0 Å². The van der Waals surface area contributed by atoms with Gasteiger partial charge in [0.25, 0.3) is 0 Å². The Balaban J connectivity index is 2.46. The van der Waals surface area contributed by atoms with Crippen LogP contribution in [0.2, 0.25) is 0 Å². The molecule has 86 valence electrons. The zero-order valence-electron chi connectivity index (χ0n) is 8.57. The van der Waals surface area contributed by atoms with Crippen LogP contribution in [-0.2, 0) is 0 Å². The molecule has 0 bridgehead atoms. The van der Waals surface area contributed by atoms with Crippen LogP contribution in [0.25, 0.3) is 0 Å². The van der Waals surface area contributed by atoms with Crippen LogP contribution in [0.5, 0.6) is 0 Å². The molecular weight excluding hydrogens is 212 g/mol. The minimum Gasteiger partial charge on any atom is -0.391 e. The van der Waals surface area contributed by atoms with E-state index in [1.807, 2.05) is 0 Å². The molecule has 1 heterocycles. The summed E-state index contributed by atoms with van der Waals surface area (Å²) in [7, 11) is 0. The van der Waals surface area contributed by atoms with Crippen LogP contribution in [-0.4, -0.2) is 20.7 Å². The van der Waals surface area contributed by atoms with Crippen molar-refractivity contribution in [1.82, 2.24) is 4.57 Å². The monoisotopic (exact) mass is 224 g/mol. The lowest BCUT2D eigenvalue weighted by Crippen LogP contribution is -2.29. The third-order valence-electron chi connectivity index (χ3n) is 2.95.